The summed E-state index contributed by atoms with van der Waals surface area (Å²) in [6.07, 6.45) is 1.67. The Balaban J connectivity index is 1.44. The van der Waals surface area contributed by atoms with Crippen LogP contribution >= 0.6 is 0 Å². The maximum Gasteiger partial charge on any atom is 0.344 e. The molecule has 0 atom stereocenters. The predicted octanol–water partition coefficient (Wildman–Crippen LogP) is 5.13. The number of Topliss-reactive ketones (excluding diaryl/α,β-unsaturated/α-hetero) is 1. The lowest BCUT2D eigenvalue weighted by Crippen LogP contribution is -2.14. The van der Waals surface area contributed by atoms with Crippen LogP contribution in [0.4, 0.5) is 0 Å². The largest absolute Gasteiger partial charge is 0.493 e. The molecule has 4 rings (SSSR count). The average molecular weight is 444 g/mol. The summed E-state index contributed by atoms with van der Waals surface area (Å²) in [6.45, 7) is 4.16. The molecule has 3 aromatic rings. The van der Waals surface area contributed by atoms with Gasteiger partial charge in [-0.05, 0) is 43.2 Å². The van der Waals surface area contributed by atoms with Crippen LogP contribution in [0.25, 0.3) is 6.08 Å². The summed E-state index contributed by atoms with van der Waals surface area (Å²) in [5, 5.41) is 0. The molecule has 0 bridgehead atoms. The topological polar surface area (TPSA) is 71.1 Å². The number of ether oxygens (including phenoxy) is 4. The number of carbonyl (C=O) groups excluding carboxylic acids is 2. The number of aryl methyl sites for hydroxylation is 1. The summed E-state index contributed by atoms with van der Waals surface area (Å²) in [6, 6.07) is 20.2. The molecule has 168 valence electrons. The van der Waals surface area contributed by atoms with E-state index in [1.807, 2.05) is 61.5 Å². The number of fused-ring (bicyclic) bond motifs is 1. The third kappa shape index (κ3) is 5.23. The molecule has 0 unspecified atom stereocenters. The van der Waals surface area contributed by atoms with E-state index in [2.05, 4.69) is 0 Å². The van der Waals surface area contributed by atoms with Gasteiger partial charge in [0, 0.05) is 11.6 Å². The van der Waals surface area contributed by atoms with E-state index in [4.69, 9.17) is 18.9 Å². The highest BCUT2D eigenvalue weighted by Gasteiger charge is 2.30. The lowest BCUT2D eigenvalue weighted by Gasteiger charge is -2.09. The molecule has 0 saturated heterocycles. The molecule has 0 spiro atoms. The Morgan fingerprint density at radius 1 is 1.00 bits per heavy atom. The summed E-state index contributed by atoms with van der Waals surface area (Å²) in [5.74, 6) is 1.01. The Morgan fingerprint density at radius 3 is 2.55 bits per heavy atom. The van der Waals surface area contributed by atoms with Crippen molar-refractivity contribution in [3.8, 4) is 17.2 Å². The van der Waals surface area contributed by atoms with Crippen LogP contribution in [0.1, 0.15) is 34.0 Å². The first-order valence-electron chi connectivity index (χ1n) is 10.7. The Bertz CT molecular complexity index is 1200. The van der Waals surface area contributed by atoms with Crippen LogP contribution in [0, 0.1) is 6.92 Å². The fourth-order valence-corrected chi connectivity index (χ4v) is 3.51. The number of ketones is 1. The van der Waals surface area contributed by atoms with Gasteiger partial charge in [0.05, 0.1) is 12.2 Å². The maximum absolute atomic E-state index is 12.9. The number of benzene rings is 3. The van der Waals surface area contributed by atoms with Crippen molar-refractivity contribution < 1.29 is 28.5 Å². The van der Waals surface area contributed by atoms with E-state index in [-0.39, 0.29) is 24.8 Å². The number of rotatable bonds is 8. The van der Waals surface area contributed by atoms with E-state index in [0.29, 0.717) is 35.0 Å². The van der Waals surface area contributed by atoms with Crippen molar-refractivity contribution in [2.45, 2.75) is 20.5 Å². The zero-order chi connectivity index (χ0) is 23.2. The van der Waals surface area contributed by atoms with Crippen molar-refractivity contribution in [3.05, 3.63) is 94.7 Å². The van der Waals surface area contributed by atoms with Crippen LogP contribution in [0.5, 0.6) is 17.2 Å². The minimum atomic E-state index is -0.484. The number of carbonyl (C=O) groups is 2. The number of hydrogen-bond donors (Lipinski definition) is 0. The highest BCUT2D eigenvalue weighted by molar-refractivity contribution is 6.15. The molecule has 0 aliphatic carbocycles. The van der Waals surface area contributed by atoms with Crippen LogP contribution in [0.15, 0.2) is 72.5 Å². The van der Waals surface area contributed by atoms with Crippen molar-refractivity contribution in [3.63, 3.8) is 0 Å². The fraction of sp³-hybridized carbons (Fsp3) is 0.185. The molecule has 1 aliphatic heterocycles. The molecule has 0 N–H and O–H groups in total. The van der Waals surface area contributed by atoms with Gasteiger partial charge in [-0.25, -0.2) is 4.79 Å². The predicted molar refractivity (Wildman–Crippen MR) is 123 cm³/mol. The van der Waals surface area contributed by atoms with Gasteiger partial charge in [-0.2, -0.15) is 0 Å². The molecule has 6 heteroatoms. The minimum Gasteiger partial charge on any atom is -0.493 e. The molecule has 1 heterocycles. The molecule has 0 saturated carbocycles. The summed E-state index contributed by atoms with van der Waals surface area (Å²) < 4.78 is 22.3. The number of para-hydroxylation sites is 1. The van der Waals surface area contributed by atoms with Gasteiger partial charge >= 0.3 is 5.97 Å². The van der Waals surface area contributed by atoms with Crippen molar-refractivity contribution in [2.75, 3.05) is 13.2 Å². The van der Waals surface area contributed by atoms with E-state index >= 15 is 0 Å². The standard InChI is InChI=1S/C27H24O6/c1-3-30-22-12-8-7-11-20(22)14-24-27(29)26-18(2)13-21(15-23(26)33-24)31-17-25(28)32-16-19-9-5-4-6-10-19/h4-15H,3,16-17H2,1-2H3/b24-14-. The maximum atomic E-state index is 12.9. The molecule has 0 radical (unpaired) electrons. The minimum absolute atomic E-state index is 0.182. The molecular formula is C27H24O6. The zero-order valence-corrected chi connectivity index (χ0v) is 18.5. The molecule has 0 aromatic heterocycles. The summed E-state index contributed by atoms with van der Waals surface area (Å²) in [4.78, 5) is 25.0. The van der Waals surface area contributed by atoms with Gasteiger partial charge in [0.1, 0.15) is 23.9 Å². The van der Waals surface area contributed by atoms with Gasteiger partial charge < -0.3 is 18.9 Å². The van der Waals surface area contributed by atoms with E-state index in [9.17, 15) is 9.59 Å². The Labute approximate surface area is 192 Å². The van der Waals surface area contributed by atoms with E-state index < -0.39 is 5.97 Å². The quantitative estimate of drug-likeness (QED) is 0.354. The van der Waals surface area contributed by atoms with E-state index in [1.165, 1.54) is 0 Å². The summed E-state index contributed by atoms with van der Waals surface area (Å²) in [7, 11) is 0. The molecule has 3 aromatic carbocycles. The van der Waals surface area contributed by atoms with Crippen molar-refractivity contribution in [2.24, 2.45) is 0 Å². The SMILES string of the molecule is CCOc1ccccc1/C=C1\Oc2cc(OCC(=O)OCc3ccccc3)cc(C)c2C1=O. The van der Waals surface area contributed by atoms with Gasteiger partial charge in [0.15, 0.2) is 12.4 Å². The van der Waals surface area contributed by atoms with Crippen molar-refractivity contribution in [1.29, 1.82) is 0 Å². The summed E-state index contributed by atoms with van der Waals surface area (Å²) in [5.41, 5.74) is 2.84. The number of esters is 1. The second-order valence-corrected chi connectivity index (χ2v) is 7.46. The third-order valence-corrected chi connectivity index (χ3v) is 5.05. The van der Waals surface area contributed by atoms with Gasteiger partial charge in [-0.15, -0.1) is 0 Å². The highest BCUT2D eigenvalue weighted by atomic mass is 16.6. The molecule has 0 fully saturated rings. The van der Waals surface area contributed by atoms with Gasteiger partial charge in [-0.1, -0.05) is 48.5 Å². The molecule has 33 heavy (non-hydrogen) atoms. The van der Waals surface area contributed by atoms with Crippen molar-refractivity contribution >= 4 is 17.8 Å². The molecule has 0 amide bonds. The molecule has 1 aliphatic rings. The number of allylic oxidation sites excluding steroid dienone is 1. The van der Waals surface area contributed by atoms with Gasteiger partial charge in [-0.3, -0.25) is 4.79 Å². The Morgan fingerprint density at radius 2 is 1.76 bits per heavy atom. The van der Waals surface area contributed by atoms with E-state index in [0.717, 1.165) is 11.1 Å². The van der Waals surface area contributed by atoms with Crippen LogP contribution in [-0.2, 0) is 16.1 Å². The lowest BCUT2D eigenvalue weighted by molar-refractivity contribution is -0.147. The van der Waals surface area contributed by atoms with Gasteiger partial charge in [0.25, 0.3) is 0 Å². The first-order valence-corrected chi connectivity index (χ1v) is 10.7. The zero-order valence-electron chi connectivity index (χ0n) is 18.5. The third-order valence-electron chi connectivity index (χ3n) is 5.05. The second-order valence-electron chi connectivity index (χ2n) is 7.46. The first-order chi connectivity index (χ1) is 16.0. The normalized spacial score (nSPS) is 13.4. The Hall–Kier alpha value is -4.06. The number of hydrogen-bond acceptors (Lipinski definition) is 6. The fourth-order valence-electron chi connectivity index (χ4n) is 3.51. The van der Waals surface area contributed by atoms with E-state index in [1.54, 1.807) is 25.1 Å². The average Bonchev–Trinajstić information content (AvgIpc) is 3.14. The molecule has 6 nitrogen and oxygen atoms in total. The van der Waals surface area contributed by atoms with Gasteiger partial charge in [0.2, 0.25) is 5.78 Å². The molecular weight excluding hydrogens is 420 g/mol. The highest BCUT2D eigenvalue weighted by Crippen LogP contribution is 2.38. The van der Waals surface area contributed by atoms with Crippen LogP contribution in [-0.4, -0.2) is 25.0 Å². The monoisotopic (exact) mass is 444 g/mol. The van der Waals surface area contributed by atoms with Crippen LogP contribution < -0.4 is 14.2 Å². The van der Waals surface area contributed by atoms with Crippen molar-refractivity contribution in [1.82, 2.24) is 0 Å². The van der Waals surface area contributed by atoms with Crippen LogP contribution in [0.2, 0.25) is 0 Å². The smallest absolute Gasteiger partial charge is 0.344 e. The first kappa shape index (κ1) is 22.1. The summed E-state index contributed by atoms with van der Waals surface area (Å²) >= 11 is 0. The van der Waals surface area contributed by atoms with Crippen LogP contribution in [0.3, 0.4) is 0 Å². The lowest BCUT2D eigenvalue weighted by atomic mass is 10.0. The Kier molecular flexibility index (Phi) is 6.74. The second kappa shape index (κ2) is 10.0.